The molecule has 5 nitrogen and oxygen atoms in total. The Hall–Kier alpha value is -2.30. The maximum atomic E-state index is 5.67. The Morgan fingerprint density at radius 1 is 1.15 bits per heavy atom. The summed E-state index contributed by atoms with van der Waals surface area (Å²) in [7, 11) is 1.80. The Balaban J connectivity index is 1.82. The molecule has 0 amide bonds. The Bertz CT molecular complexity index is 572. The van der Waals surface area contributed by atoms with E-state index in [2.05, 4.69) is 20.6 Å². The minimum atomic E-state index is 0.585. The highest BCUT2D eigenvalue weighted by molar-refractivity contribution is 5.41. The maximum Gasteiger partial charge on any atom is 0.224 e. The Labute approximate surface area is 119 Å². The highest BCUT2D eigenvalue weighted by atomic mass is 16.5. The number of aryl methyl sites for hydroxylation is 2. The molecule has 0 bridgehead atoms. The van der Waals surface area contributed by atoms with Crippen molar-refractivity contribution in [2.75, 3.05) is 30.8 Å². The summed E-state index contributed by atoms with van der Waals surface area (Å²) in [5, 5.41) is 6.17. The molecular formula is C15H20N4O. The van der Waals surface area contributed by atoms with Crippen LogP contribution < -0.4 is 15.4 Å². The van der Waals surface area contributed by atoms with Crippen molar-refractivity contribution in [3.05, 3.63) is 41.6 Å². The third-order valence-electron chi connectivity index (χ3n) is 2.74. The molecule has 0 radical (unpaired) electrons. The molecule has 0 atom stereocenters. The number of benzene rings is 1. The van der Waals surface area contributed by atoms with Crippen LogP contribution in [0.3, 0.4) is 0 Å². The summed E-state index contributed by atoms with van der Waals surface area (Å²) in [6.07, 6.45) is 0. The lowest BCUT2D eigenvalue weighted by atomic mass is 10.2. The molecule has 0 spiro atoms. The van der Waals surface area contributed by atoms with Gasteiger partial charge in [-0.15, -0.1) is 0 Å². The molecule has 5 heteroatoms. The summed E-state index contributed by atoms with van der Waals surface area (Å²) in [5.74, 6) is 2.31. The van der Waals surface area contributed by atoms with Gasteiger partial charge in [-0.2, -0.15) is 4.98 Å². The molecule has 1 aromatic heterocycles. The quantitative estimate of drug-likeness (QED) is 0.792. The minimum absolute atomic E-state index is 0.585. The lowest BCUT2D eigenvalue weighted by Crippen LogP contribution is -2.13. The first-order chi connectivity index (χ1) is 9.67. The van der Waals surface area contributed by atoms with Gasteiger partial charge >= 0.3 is 0 Å². The third kappa shape index (κ3) is 4.12. The van der Waals surface area contributed by atoms with Crippen LogP contribution in [0.15, 0.2) is 30.3 Å². The van der Waals surface area contributed by atoms with E-state index in [0.717, 1.165) is 17.3 Å². The number of hydrogen-bond acceptors (Lipinski definition) is 5. The SMILES string of the molecule is CNc1nc(C)cc(NCCOc2cccc(C)c2)n1. The number of rotatable bonds is 6. The lowest BCUT2D eigenvalue weighted by Gasteiger charge is -2.10. The van der Waals surface area contributed by atoms with Crippen molar-refractivity contribution in [3.8, 4) is 5.75 Å². The van der Waals surface area contributed by atoms with E-state index in [1.54, 1.807) is 7.05 Å². The fourth-order valence-electron chi connectivity index (χ4n) is 1.82. The van der Waals surface area contributed by atoms with E-state index in [1.165, 1.54) is 5.56 Å². The van der Waals surface area contributed by atoms with Gasteiger partial charge in [-0.05, 0) is 31.5 Å². The molecule has 2 rings (SSSR count). The van der Waals surface area contributed by atoms with Gasteiger partial charge in [0.1, 0.15) is 18.2 Å². The number of aromatic nitrogens is 2. The van der Waals surface area contributed by atoms with Gasteiger partial charge in [0.2, 0.25) is 5.95 Å². The van der Waals surface area contributed by atoms with Crippen LogP contribution >= 0.6 is 0 Å². The molecule has 0 fully saturated rings. The summed E-state index contributed by atoms with van der Waals surface area (Å²) < 4.78 is 5.67. The topological polar surface area (TPSA) is 59.1 Å². The predicted molar refractivity (Wildman–Crippen MR) is 81.5 cm³/mol. The monoisotopic (exact) mass is 272 g/mol. The first-order valence-corrected chi connectivity index (χ1v) is 6.64. The van der Waals surface area contributed by atoms with E-state index >= 15 is 0 Å². The van der Waals surface area contributed by atoms with Crippen LogP contribution in [0.5, 0.6) is 5.75 Å². The fourth-order valence-corrected chi connectivity index (χ4v) is 1.82. The zero-order valence-corrected chi connectivity index (χ0v) is 12.1. The number of hydrogen-bond donors (Lipinski definition) is 2. The number of nitrogens with zero attached hydrogens (tertiary/aromatic N) is 2. The van der Waals surface area contributed by atoms with E-state index in [4.69, 9.17) is 4.74 Å². The lowest BCUT2D eigenvalue weighted by molar-refractivity contribution is 0.332. The largest absolute Gasteiger partial charge is 0.492 e. The van der Waals surface area contributed by atoms with Crippen LogP contribution in [-0.4, -0.2) is 30.2 Å². The van der Waals surface area contributed by atoms with Crippen molar-refractivity contribution < 1.29 is 4.74 Å². The standard InChI is InChI=1S/C15H20N4O/c1-11-5-4-6-13(9-11)20-8-7-17-14-10-12(2)18-15(16-3)19-14/h4-6,9-10H,7-8H2,1-3H3,(H2,16,17,18,19). The first-order valence-electron chi connectivity index (χ1n) is 6.64. The van der Waals surface area contributed by atoms with Crippen molar-refractivity contribution in [2.24, 2.45) is 0 Å². The van der Waals surface area contributed by atoms with Gasteiger partial charge in [0.15, 0.2) is 0 Å². The van der Waals surface area contributed by atoms with Crippen LogP contribution in [-0.2, 0) is 0 Å². The van der Waals surface area contributed by atoms with Crippen molar-refractivity contribution in [1.29, 1.82) is 0 Å². The molecule has 0 saturated carbocycles. The molecule has 0 aliphatic carbocycles. The molecular weight excluding hydrogens is 252 g/mol. The Morgan fingerprint density at radius 2 is 2.00 bits per heavy atom. The van der Waals surface area contributed by atoms with Gasteiger partial charge in [-0.25, -0.2) is 4.98 Å². The predicted octanol–water partition coefficient (Wildman–Crippen LogP) is 2.63. The van der Waals surface area contributed by atoms with Crippen LogP contribution in [0, 0.1) is 13.8 Å². The molecule has 1 heterocycles. The molecule has 0 aliphatic heterocycles. The molecule has 0 aliphatic rings. The molecule has 0 saturated heterocycles. The third-order valence-corrected chi connectivity index (χ3v) is 2.74. The van der Waals surface area contributed by atoms with Crippen LogP contribution in [0.2, 0.25) is 0 Å². The zero-order chi connectivity index (χ0) is 14.4. The molecule has 0 unspecified atom stereocenters. The summed E-state index contributed by atoms with van der Waals surface area (Å²) in [4.78, 5) is 8.57. The smallest absolute Gasteiger partial charge is 0.224 e. The van der Waals surface area contributed by atoms with Crippen molar-refractivity contribution in [1.82, 2.24) is 9.97 Å². The Morgan fingerprint density at radius 3 is 2.75 bits per heavy atom. The highest BCUT2D eigenvalue weighted by Gasteiger charge is 2.00. The van der Waals surface area contributed by atoms with Crippen molar-refractivity contribution in [2.45, 2.75) is 13.8 Å². The summed E-state index contributed by atoms with van der Waals surface area (Å²) in [6, 6.07) is 9.93. The molecule has 106 valence electrons. The summed E-state index contributed by atoms with van der Waals surface area (Å²) in [6.45, 7) is 5.26. The molecule has 1 aromatic carbocycles. The number of anilines is 2. The van der Waals surface area contributed by atoms with Crippen molar-refractivity contribution >= 4 is 11.8 Å². The van der Waals surface area contributed by atoms with Gasteiger partial charge in [0.25, 0.3) is 0 Å². The van der Waals surface area contributed by atoms with Crippen LogP contribution in [0.4, 0.5) is 11.8 Å². The molecule has 2 aromatic rings. The average Bonchev–Trinajstić information content (AvgIpc) is 2.43. The molecule has 20 heavy (non-hydrogen) atoms. The van der Waals surface area contributed by atoms with Gasteiger partial charge in [-0.3, -0.25) is 0 Å². The fraction of sp³-hybridized carbons (Fsp3) is 0.333. The van der Waals surface area contributed by atoms with Gasteiger partial charge < -0.3 is 15.4 Å². The van der Waals surface area contributed by atoms with E-state index in [0.29, 0.717) is 19.1 Å². The second-order valence-corrected chi connectivity index (χ2v) is 4.56. The van der Waals surface area contributed by atoms with Crippen LogP contribution in [0.25, 0.3) is 0 Å². The second-order valence-electron chi connectivity index (χ2n) is 4.56. The van der Waals surface area contributed by atoms with Gasteiger partial charge in [-0.1, -0.05) is 12.1 Å². The van der Waals surface area contributed by atoms with E-state index in [-0.39, 0.29) is 0 Å². The first kappa shape index (κ1) is 14.1. The van der Waals surface area contributed by atoms with Crippen molar-refractivity contribution in [3.63, 3.8) is 0 Å². The zero-order valence-electron chi connectivity index (χ0n) is 12.1. The molecule has 2 N–H and O–H groups in total. The van der Waals surface area contributed by atoms with Gasteiger partial charge in [0, 0.05) is 18.8 Å². The number of nitrogens with one attached hydrogen (secondary N) is 2. The Kier molecular flexibility index (Phi) is 4.76. The highest BCUT2D eigenvalue weighted by Crippen LogP contribution is 2.12. The van der Waals surface area contributed by atoms with Crippen LogP contribution in [0.1, 0.15) is 11.3 Å². The van der Waals surface area contributed by atoms with E-state index < -0.39 is 0 Å². The van der Waals surface area contributed by atoms with E-state index in [1.807, 2.05) is 44.2 Å². The second kappa shape index (κ2) is 6.75. The summed E-state index contributed by atoms with van der Waals surface area (Å²) in [5.41, 5.74) is 2.12. The average molecular weight is 272 g/mol. The normalized spacial score (nSPS) is 10.2. The maximum absolute atomic E-state index is 5.67. The van der Waals surface area contributed by atoms with E-state index in [9.17, 15) is 0 Å². The summed E-state index contributed by atoms with van der Waals surface area (Å²) >= 11 is 0. The minimum Gasteiger partial charge on any atom is -0.492 e. The van der Waals surface area contributed by atoms with Gasteiger partial charge in [0.05, 0.1) is 6.54 Å². The number of ether oxygens (including phenoxy) is 1.